The average Bonchev–Trinajstić information content (AvgIpc) is 1.79. The molecule has 1 saturated carbocycles. The van der Waals surface area contributed by atoms with Crippen LogP contribution in [0.15, 0.2) is 0 Å². The normalized spacial score (nSPS) is 49.2. The number of rotatable bonds is 0. The zero-order valence-corrected chi connectivity index (χ0v) is 2.62. The minimum Gasteiger partial charge on any atom is -0.244 e. The maximum Gasteiger partial charge on any atom is 0.134 e. The van der Waals surface area contributed by atoms with E-state index in [2.05, 4.69) is 0 Å². The first-order valence-electron chi connectivity index (χ1n) is 1.59. The molecule has 0 nitrogen and oxygen atoms in total. The molecule has 2 atom stereocenters. The van der Waals surface area contributed by atoms with Gasteiger partial charge in [0.25, 0.3) is 0 Å². The fourth-order valence-electron chi connectivity index (χ4n) is 0.137. The van der Waals surface area contributed by atoms with Crippen molar-refractivity contribution in [2.24, 2.45) is 0 Å². The van der Waals surface area contributed by atoms with Crippen molar-refractivity contribution in [2.75, 3.05) is 0 Å². The smallest absolute Gasteiger partial charge is 0.134 e. The third-order valence-electron chi connectivity index (χ3n) is 0.640. The second kappa shape index (κ2) is 0.671. The van der Waals surface area contributed by atoms with E-state index >= 15 is 0 Å². The Labute approximate surface area is 28.8 Å². The van der Waals surface area contributed by atoms with E-state index in [1.54, 1.807) is 0 Å². The fraction of sp³-hybridized carbons (Fsp3) is 1.00. The Kier molecular flexibility index (Phi) is 0.411. The van der Waals surface area contributed by atoms with Crippen molar-refractivity contribution < 1.29 is 8.78 Å². The molecule has 0 N–H and O–H groups in total. The number of hydrogen-bond donors (Lipinski definition) is 0. The average molecular weight is 78.1 g/mol. The SMILES string of the molecule is F[C@H]1C[C@@H]1F. The van der Waals surface area contributed by atoms with E-state index in [1.807, 2.05) is 0 Å². The summed E-state index contributed by atoms with van der Waals surface area (Å²) in [6.07, 6.45) is -2.09. The lowest BCUT2D eigenvalue weighted by molar-refractivity contribution is 0.372. The van der Waals surface area contributed by atoms with Gasteiger partial charge in [-0.2, -0.15) is 0 Å². The lowest BCUT2D eigenvalue weighted by atomic mass is 10.9. The predicted molar refractivity (Wildman–Crippen MR) is 14.4 cm³/mol. The van der Waals surface area contributed by atoms with Crippen molar-refractivity contribution in [3.05, 3.63) is 0 Å². The highest BCUT2D eigenvalue weighted by Gasteiger charge is 2.37. The highest BCUT2D eigenvalue weighted by molar-refractivity contribution is 4.85. The third-order valence-corrected chi connectivity index (χ3v) is 0.640. The Morgan fingerprint density at radius 1 is 1.20 bits per heavy atom. The van der Waals surface area contributed by atoms with Gasteiger partial charge in [0, 0.05) is 6.42 Å². The lowest BCUT2D eigenvalue weighted by Gasteiger charge is -1.60. The van der Waals surface area contributed by atoms with Crippen molar-refractivity contribution >= 4 is 0 Å². The van der Waals surface area contributed by atoms with Crippen molar-refractivity contribution in [2.45, 2.75) is 18.8 Å². The molecular weight excluding hydrogens is 74.0 g/mol. The molecule has 1 aliphatic rings. The van der Waals surface area contributed by atoms with Gasteiger partial charge in [-0.3, -0.25) is 0 Å². The van der Waals surface area contributed by atoms with Gasteiger partial charge in [-0.25, -0.2) is 8.78 Å². The van der Waals surface area contributed by atoms with Crippen LogP contribution in [0.25, 0.3) is 0 Å². The second-order valence-corrected chi connectivity index (χ2v) is 1.27. The van der Waals surface area contributed by atoms with Crippen molar-refractivity contribution in [3.63, 3.8) is 0 Å². The zero-order valence-electron chi connectivity index (χ0n) is 2.62. The van der Waals surface area contributed by atoms with Crippen LogP contribution < -0.4 is 0 Å². The second-order valence-electron chi connectivity index (χ2n) is 1.27. The first-order valence-corrected chi connectivity index (χ1v) is 1.59. The number of halogens is 2. The Balaban J connectivity index is 2.20. The van der Waals surface area contributed by atoms with E-state index in [0.29, 0.717) is 0 Å². The maximum atomic E-state index is 11.1. The molecule has 0 aliphatic heterocycles. The molecular formula is C3H4F2. The predicted octanol–water partition coefficient (Wildman–Crippen LogP) is 1.07. The molecule has 0 aromatic heterocycles. The van der Waals surface area contributed by atoms with E-state index in [-0.39, 0.29) is 6.42 Å². The summed E-state index contributed by atoms with van der Waals surface area (Å²) in [5.74, 6) is 0. The standard InChI is InChI=1S/C3H4F2/c4-2-1-3(2)5/h2-3H,1H2/t2-,3-/m0/s1. The molecule has 0 bridgehead atoms. The summed E-state index contributed by atoms with van der Waals surface area (Å²) in [6, 6.07) is 0. The van der Waals surface area contributed by atoms with E-state index in [9.17, 15) is 8.78 Å². The van der Waals surface area contributed by atoms with Crippen LogP contribution in [0.5, 0.6) is 0 Å². The molecule has 0 aromatic rings. The molecule has 5 heavy (non-hydrogen) atoms. The van der Waals surface area contributed by atoms with Gasteiger partial charge in [0.2, 0.25) is 0 Å². The number of hydrogen-bond acceptors (Lipinski definition) is 0. The van der Waals surface area contributed by atoms with E-state index in [1.165, 1.54) is 0 Å². The van der Waals surface area contributed by atoms with E-state index < -0.39 is 12.3 Å². The van der Waals surface area contributed by atoms with Gasteiger partial charge >= 0.3 is 0 Å². The van der Waals surface area contributed by atoms with Crippen LogP contribution in [0.3, 0.4) is 0 Å². The van der Waals surface area contributed by atoms with Crippen molar-refractivity contribution in [1.82, 2.24) is 0 Å². The van der Waals surface area contributed by atoms with Crippen LogP contribution in [0, 0.1) is 0 Å². The van der Waals surface area contributed by atoms with Crippen LogP contribution in [0.2, 0.25) is 0 Å². The van der Waals surface area contributed by atoms with Gasteiger partial charge in [0.15, 0.2) is 0 Å². The summed E-state index contributed by atoms with van der Waals surface area (Å²) < 4.78 is 22.3. The number of alkyl halides is 2. The summed E-state index contributed by atoms with van der Waals surface area (Å²) in [7, 11) is 0. The Morgan fingerprint density at radius 2 is 1.40 bits per heavy atom. The molecule has 0 unspecified atom stereocenters. The minimum atomic E-state index is -1.12. The summed E-state index contributed by atoms with van der Waals surface area (Å²) in [4.78, 5) is 0. The van der Waals surface area contributed by atoms with Crippen molar-refractivity contribution in [3.8, 4) is 0 Å². The topological polar surface area (TPSA) is 0 Å². The Hall–Kier alpha value is -0.140. The zero-order chi connectivity index (χ0) is 3.86. The largest absolute Gasteiger partial charge is 0.244 e. The van der Waals surface area contributed by atoms with E-state index in [0.717, 1.165) is 0 Å². The highest BCUT2D eigenvalue weighted by atomic mass is 19.2. The van der Waals surface area contributed by atoms with Crippen LogP contribution in [-0.2, 0) is 0 Å². The molecule has 1 rings (SSSR count). The molecule has 1 aliphatic carbocycles. The van der Waals surface area contributed by atoms with Gasteiger partial charge in [0.05, 0.1) is 0 Å². The Morgan fingerprint density at radius 3 is 1.40 bits per heavy atom. The van der Waals surface area contributed by atoms with Gasteiger partial charge in [0.1, 0.15) is 12.3 Å². The van der Waals surface area contributed by atoms with Gasteiger partial charge in [-0.1, -0.05) is 0 Å². The first kappa shape index (κ1) is 3.07. The van der Waals surface area contributed by atoms with Crippen molar-refractivity contribution in [1.29, 1.82) is 0 Å². The molecule has 0 radical (unpaired) electrons. The molecule has 0 spiro atoms. The molecule has 0 heterocycles. The Bertz CT molecular complexity index is 38.2. The lowest BCUT2D eigenvalue weighted by Crippen LogP contribution is -1.68. The summed E-state index contributed by atoms with van der Waals surface area (Å²) in [5.41, 5.74) is 0. The molecule has 30 valence electrons. The fourth-order valence-corrected chi connectivity index (χ4v) is 0.137. The van der Waals surface area contributed by atoms with E-state index in [4.69, 9.17) is 0 Å². The summed E-state index contributed by atoms with van der Waals surface area (Å²) in [6.45, 7) is 0. The molecule has 0 aromatic carbocycles. The van der Waals surface area contributed by atoms with Gasteiger partial charge < -0.3 is 0 Å². The van der Waals surface area contributed by atoms with Crippen LogP contribution in [0.4, 0.5) is 8.78 Å². The van der Waals surface area contributed by atoms with Gasteiger partial charge in [-0.05, 0) is 0 Å². The summed E-state index contributed by atoms with van der Waals surface area (Å²) in [5, 5.41) is 0. The van der Waals surface area contributed by atoms with Crippen LogP contribution in [-0.4, -0.2) is 12.3 Å². The molecule has 1 fully saturated rings. The quantitative estimate of drug-likeness (QED) is 0.406. The molecule has 2 heteroatoms. The van der Waals surface area contributed by atoms with Crippen LogP contribution >= 0.6 is 0 Å². The van der Waals surface area contributed by atoms with Crippen LogP contribution in [0.1, 0.15) is 6.42 Å². The minimum absolute atomic E-state index is 0.139. The monoisotopic (exact) mass is 78.0 g/mol. The first-order chi connectivity index (χ1) is 2.30. The third kappa shape index (κ3) is 0.389. The highest BCUT2D eigenvalue weighted by Crippen LogP contribution is 2.27. The molecule has 0 saturated heterocycles. The van der Waals surface area contributed by atoms with Gasteiger partial charge in [-0.15, -0.1) is 0 Å². The summed E-state index contributed by atoms with van der Waals surface area (Å²) >= 11 is 0. The maximum absolute atomic E-state index is 11.1. The molecule has 0 amide bonds.